The first-order chi connectivity index (χ1) is 8.66. The molecule has 1 aliphatic rings. The third kappa shape index (κ3) is 3.48. The number of hydrogen-bond acceptors (Lipinski definition) is 3. The Balaban J connectivity index is 1.81. The standard InChI is InChI=1S/C13H17F2NO2/c1-9-5-16-6-10(18-9)7-17-8-11-12(14)3-2-4-13(11)15/h2-4,9-10,16H,5-8H2,1H3. The van der Waals surface area contributed by atoms with Crippen LogP contribution in [0.4, 0.5) is 8.78 Å². The summed E-state index contributed by atoms with van der Waals surface area (Å²) in [6.45, 7) is 3.73. The van der Waals surface area contributed by atoms with Crippen molar-refractivity contribution in [1.29, 1.82) is 0 Å². The summed E-state index contributed by atoms with van der Waals surface area (Å²) in [5.74, 6) is -1.16. The average molecular weight is 257 g/mol. The summed E-state index contributed by atoms with van der Waals surface area (Å²) in [6.07, 6.45) is 0.0705. The van der Waals surface area contributed by atoms with Gasteiger partial charge in [0.15, 0.2) is 0 Å². The highest BCUT2D eigenvalue weighted by atomic mass is 19.1. The molecular formula is C13H17F2NO2. The van der Waals surface area contributed by atoms with E-state index in [1.807, 2.05) is 6.92 Å². The van der Waals surface area contributed by atoms with Crippen molar-refractivity contribution in [3.63, 3.8) is 0 Å². The van der Waals surface area contributed by atoms with Gasteiger partial charge < -0.3 is 14.8 Å². The second-order valence-electron chi connectivity index (χ2n) is 4.44. The molecule has 1 saturated heterocycles. The summed E-state index contributed by atoms with van der Waals surface area (Å²) < 4.78 is 37.6. The zero-order chi connectivity index (χ0) is 13.0. The zero-order valence-electron chi connectivity index (χ0n) is 10.3. The maximum absolute atomic E-state index is 13.3. The molecule has 0 bridgehead atoms. The van der Waals surface area contributed by atoms with Crippen LogP contribution in [0.25, 0.3) is 0 Å². The van der Waals surface area contributed by atoms with E-state index in [1.54, 1.807) is 0 Å². The van der Waals surface area contributed by atoms with Crippen LogP contribution in [-0.2, 0) is 16.1 Å². The van der Waals surface area contributed by atoms with Gasteiger partial charge in [0.05, 0.1) is 25.4 Å². The van der Waals surface area contributed by atoms with Crippen molar-refractivity contribution < 1.29 is 18.3 Å². The molecule has 0 radical (unpaired) electrons. The van der Waals surface area contributed by atoms with E-state index in [0.29, 0.717) is 13.2 Å². The van der Waals surface area contributed by atoms with Crippen molar-refractivity contribution >= 4 is 0 Å². The molecule has 2 atom stereocenters. The third-order valence-corrected chi connectivity index (χ3v) is 2.84. The predicted molar refractivity (Wildman–Crippen MR) is 63.2 cm³/mol. The molecule has 1 aliphatic heterocycles. The fraction of sp³-hybridized carbons (Fsp3) is 0.538. The lowest BCUT2D eigenvalue weighted by molar-refractivity contribution is -0.0721. The van der Waals surface area contributed by atoms with Crippen LogP contribution < -0.4 is 5.32 Å². The van der Waals surface area contributed by atoms with Gasteiger partial charge in [-0.2, -0.15) is 0 Å². The molecule has 1 N–H and O–H groups in total. The van der Waals surface area contributed by atoms with E-state index in [1.165, 1.54) is 18.2 Å². The summed E-state index contributed by atoms with van der Waals surface area (Å²) in [6, 6.07) is 3.79. The lowest BCUT2D eigenvalue weighted by atomic mass is 10.2. The molecule has 0 saturated carbocycles. The summed E-state index contributed by atoms with van der Waals surface area (Å²) in [5, 5.41) is 3.20. The third-order valence-electron chi connectivity index (χ3n) is 2.84. The van der Waals surface area contributed by atoms with Gasteiger partial charge in [0.1, 0.15) is 11.6 Å². The van der Waals surface area contributed by atoms with E-state index in [2.05, 4.69) is 5.32 Å². The minimum atomic E-state index is -0.578. The highest BCUT2D eigenvalue weighted by Gasteiger charge is 2.19. The van der Waals surface area contributed by atoms with E-state index in [4.69, 9.17) is 9.47 Å². The predicted octanol–water partition coefficient (Wildman–Crippen LogP) is 1.86. The van der Waals surface area contributed by atoms with Crippen LogP contribution in [0.15, 0.2) is 18.2 Å². The van der Waals surface area contributed by atoms with Crippen LogP contribution in [0.1, 0.15) is 12.5 Å². The zero-order valence-corrected chi connectivity index (χ0v) is 10.3. The molecule has 3 nitrogen and oxygen atoms in total. The smallest absolute Gasteiger partial charge is 0.131 e. The molecule has 1 heterocycles. The largest absolute Gasteiger partial charge is 0.374 e. The van der Waals surface area contributed by atoms with Crippen LogP contribution in [0.2, 0.25) is 0 Å². The molecule has 0 amide bonds. The Labute approximate surface area is 105 Å². The van der Waals surface area contributed by atoms with Gasteiger partial charge in [0.25, 0.3) is 0 Å². The van der Waals surface area contributed by atoms with Gasteiger partial charge in [0.2, 0.25) is 0 Å². The summed E-state index contributed by atoms with van der Waals surface area (Å²) >= 11 is 0. The average Bonchev–Trinajstić information content (AvgIpc) is 2.33. The minimum absolute atomic E-state index is 0.0330. The van der Waals surface area contributed by atoms with Gasteiger partial charge >= 0.3 is 0 Å². The molecule has 1 aromatic rings. The first kappa shape index (κ1) is 13.4. The highest BCUT2D eigenvalue weighted by Crippen LogP contribution is 2.13. The number of rotatable bonds is 4. The quantitative estimate of drug-likeness (QED) is 0.893. The topological polar surface area (TPSA) is 30.5 Å². The fourth-order valence-electron chi connectivity index (χ4n) is 1.93. The second-order valence-corrected chi connectivity index (χ2v) is 4.44. The maximum Gasteiger partial charge on any atom is 0.131 e. The van der Waals surface area contributed by atoms with E-state index >= 15 is 0 Å². The SMILES string of the molecule is CC1CNCC(COCc2c(F)cccc2F)O1. The molecule has 100 valence electrons. The van der Waals surface area contributed by atoms with Gasteiger partial charge in [-0.25, -0.2) is 8.78 Å². The minimum Gasteiger partial charge on any atom is -0.374 e. The van der Waals surface area contributed by atoms with Gasteiger partial charge in [-0.15, -0.1) is 0 Å². The summed E-state index contributed by atoms with van der Waals surface area (Å²) in [4.78, 5) is 0. The Morgan fingerprint density at radius 1 is 1.33 bits per heavy atom. The highest BCUT2D eigenvalue weighted by molar-refractivity contribution is 5.18. The molecule has 2 rings (SSSR count). The Hall–Kier alpha value is -1.04. The van der Waals surface area contributed by atoms with Crippen molar-refractivity contribution in [1.82, 2.24) is 5.32 Å². The van der Waals surface area contributed by atoms with Gasteiger partial charge in [-0.1, -0.05) is 6.07 Å². The van der Waals surface area contributed by atoms with Gasteiger partial charge in [0, 0.05) is 18.7 Å². The molecule has 2 unspecified atom stereocenters. The maximum atomic E-state index is 13.3. The van der Waals surface area contributed by atoms with Crippen molar-refractivity contribution in [2.75, 3.05) is 19.7 Å². The molecule has 5 heteroatoms. The van der Waals surface area contributed by atoms with Crippen LogP contribution in [0, 0.1) is 11.6 Å². The number of morpholine rings is 1. The monoisotopic (exact) mass is 257 g/mol. The Morgan fingerprint density at radius 2 is 2.06 bits per heavy atom. The van der Waals surface area contributed by atoms with E-state index < -0.39 is 11.6 Å². The first-order valence-corrected chi connectivity index (χ1v) is 6.03. The number of benzene rings is 1. The van der Waals surface area contributed by atoms with Crippen LogP contribution in [-0.4, -0.2) is 31.9 Å². The van der Waals surface area contributed by atoms with Crippen LogP contribution in [0.5, 0.6) is 0 Å². The number of ether oxygens (including phenoxy) is 2. The fourth-order valence-corrected chi connectivity index (χ4v) is 1.93. The molecular weight excluding hydrogens is 240 g/mol. The Kier molecular flexibility index (Phi) is 4.63. The molecule has 0 spiro atoms. The van der Waals surface area contributed by atoms with Crippen LogP contribution in [0.3, 0.4) is 0 Å². The number of halogens is 2. The normalized spacial score (nSPS) is 24.2. The van der Waals surface area contributed by atoms with Crippen molar-refractivity contribution in [2.24, 2.45) is 0 Å². The lowest BCUT2D eigenvalue weighted by Gasteiger charge is -2.28. The second kappa shape index (κ2) is 6.22. The van der Waals surface area contributed by atoms with Crippen molar-refractivity contribution in [3.05, 3.63) is 35.4 Å². The Morgan fingerprint density at radius 3 is 2.72 bits per heavy atom. The number of hydrogen-bond donors (Lipinski definition) is 1. The van der Waals surface area contributed by atoms with E-state index in [9.17, 15) is 8.78 Å². The molecule has 18 heavy (non-hydrogen) atoms. The van der Waals surface area contributed by atoms with Crippen LogP contribution >= 0.6 is 0 Å². The Bertz CT molecular complexity index is 380. The molecule has 1 aromatic carbocycles. The molecule has 1 fully saturated rings. The van der Waals surface area contributed by atoms with E-state index in [0.717, 1.165) is 6.54 Å². The van der Waals surface area contributed by atoms with Gasteiger partial charge in [-0.05, 0) is 19.1 Å². The molecule has 0 aliphatic carbocycles. The first-order valence-electron chi connectivity index (χ1n) is 6.03. The molecule has 0 aromatic heterocycles. The van der Waals surface area contributed by atoms with Crippen molar-refractivity contribution in [2.45, 2.75) is 25.7 Å². The lowest BCUT2D eigenvalue weighted by Crippen LogP contribution is -2.45. The summed E-state index contributed by atoms with van der Waals surface area (Å²) in [5.41, 5.74) is -0.0330. The number of nitrogens with one attached hydrogen (secondary N) is 1. The van der Waals surface area contributed by atoms with Gasteiger partial charge in [-0.3, -0.25) is 0 Å². The van der Waals surface area contributed by atoms with Crippen molar-refractivity contribution in [3.8, 4) is 0 Å². The van der Waals surface area contributed by atoms with E-state index in [-0.39, 0.29) is 24.4 Å². The summed E-state index contributed by atoms with van der Waals surface area (Å²) in [7, 11) is 0.